The third kappa shape index (κ3) is 11.8. The van der Waals surface area contributed by atoms with E-state index < -0.39 is 60.4 Å². The number of nitrogens with one attached hydrogen (secondary N) is 4. The van der Waals surface area contributed by atoms with Crippen molar-refractivity contribution in [1.82, 2.24) is 25.9 Å². The Morgan fingerprint density at radius 1 is 0.973 bits per heavy atom. The van der Waals surface area contributed by atoms with Gasteiger partial charge in [0.05, 0.1) is 12.9 Å². The number of guanidine groups is 1. The summed E-state index contributed by atoms with van der Waals surface area (Å²) in [7, 11) is 0. The molecule has 37 heavy (non-hydrogen) atoms. The van der Waals surface area contributed by atoms with Crippen LogP contribution in [-0.4, -0.2) is 93.1 Å². The van der Waals surface area contributed by atoms with Crippen molar-refractivity contribution >= 4 is 35.6 Å². The Balaban J connectivity index is 3.04. The summed E-state index contributed by atoms with van der Waals surface area (Å²) in [6.45, 7) is -0.548. The SMILES string of the molecule is NC(=O)CCC(NC(=O)C(N)CO)C(=O)NC(Cc1cnc[nH]1)C(=O)NC(CCCN=C(N)N)C(=O)O. The maximum absolute atomic E-state index is 13.0. The molecule has 1 aromatic rings. The Morgan fingerprint density at radius 3 is 2.14 bits per heavy atom. The summed E-state index contributed by atoms with van der Waals surface area (Å²) in [6, 6.07) is -5.27. The minimum atomic E-state index is -1.33. The number of carboxylic acids is 1. The number of hydrogen-bond donors (Lipinski definition) is 10. The first kappa shape index (κ1) is 30.8. The number of imidazole rings is 1. The van der Waals surface area contributed by atoms with E-state index in [2.05, 4.69) is 30.9 Å². The van der Waals surface area contributed by atoms with Gasteiger partial charge >= 0.3 is 5.97 Å². The van der Waals surface area contributed by atoms with Crippen LogP contribution in [0.3, 0.4) is 0 Å². The van der Waals surface area contributed by atoms with Gasteiger partial charge in [-0.15, -0.1) is 0 Å². The molecule has 1 aromatic heterocycles. The van der Waals surface area contributed by atoms with Crippen LogP contribution in [0.1, 0.15) is 31.4 Å². The molecule has 0 radical (unpaired) electrons. The van der Waals surface area contributed by atoms with E-state index >= 15 is 0 Å². The molecule has 0 bridgehead atoms. The molecule has 0 aromatic carbocycles. The fourth-order valence-corrected chi connectivity index (χ4v) is 3.05. The maximum Gasteiger partial charge on any atom is 0.326 e. The fraction of sp³-hybridized carbons (Fsp3) is 0.550. The van der Waals surface area contributed by atoms with E-state index in [1.807, 2.05) is 0 Å². The highest BCUT2D eigenvalue weighted by Crippen LogP contribution is 2.05. The summed E-state index contributed by atoms with van der Waals surface area (Å²) in [5.74, 6) is -4.77. The normalized spacial score (nSPS) is 13.9. The number of aliphatic hydroxyl groups excluding tert-OH is 1. The van der Waals surface area contributed by atoms with E-state index in [1.165, 1.54) is 12.5 Å². The molecule has 17 nitrogen and oxygen atoms in total. The molecule has 17 heteroatoms. The average Bonchev–Trinajstić information content (AvgIpc) is 3.34. The fourth-order valence-electron chi connectivity index (χ4n) is 3.05. The van der Waals surface area contributed by atoms with Gasteiger partial charge in [-0.2, -0.15) is 0 Å². The molecule has 14 N–H and O–H groups in total. The van der Waals surface area contributed by atoms with Gasteiger partial charge < -0.3 is 54.1 Å². The van der Waals surface area contributed by atoms with Crippen LogP contribution < -0.4 is 38.9 Å². The topological polar surface area (TPSA) is 307 Å². The molecule has 4 atom stereocenters. The Morgan fingerprint density at radius 2 is 1.59 bits per heavy atom. The summed E-state index contributed by atoms with van der Waals surface area (Å²) >= 11 is 0. The molecule has 4 unspecified atom stereocenters. The first-order valence-electron chi connectivity index (χ1n) is 11.3. The lowest BCUT2D eigenvalue weighted by atomic mass is 10.1. The zero-order chi connectivity index (χ0) is 28.0. The zero-order valence-electron chi connectivity index (χ0n) is 20.1. The highest BCUT2D eigenvalue weighted by molar-refractivity contribution is 5.94. The number of rotatable bonds is 17. The predicted octanol–water partition coefficient (Wildman–Crippen LogP) is -4.87. The van der Waals surface area contributed by atoms with Crippen molar-refractivity contribution in [3.63, 3.8) is 0 Å². The molecule has 1 heterocycles. The second-order valence-corrected chi connectivity index (χ2v) is 8.05. The second-order valence-electron chi connectivity index (χ2n) is 8.05. The number of nitrogens with two attached hydrogens (primary N) is 4. The Hall–Kier alpha value is -4.25. The van der Waals surface area contributed by atoms with E-state index in [-0.39, 0.29) is 44.6 Å². The van der Waals surface area contributed by atoms with Gasteiger partial charge in [0.1, 0.15) is 24.2 Å². The van der Waals surface area contributed by atoms with E-state index in [4.69, 9.17) is 28.0 Å². The minimum absolute atomic E-state index is 0.00107. The molecule has 206 valence electrons. The van der Waals surface area contributed by atoms with E-state index in [1.54, 1.807) is 0 Å². The van der Waals surface area contributed by atoms with Crippen LogP contribution in [-0.2, 0) is 30.4 Å². The highest BCUT2D eigenvalue weighted by Gasteiger charge is 2.30. The van der Waals surface area contributed by atoms with E-state index in [0.717, 1.165) is 0 Å². The van der Waals surface area contributed by atoms with Gasteiger partial charge in [0.25, 0.3) is 0 Å². The predicted molar refractivity (Wildman–Crippen MR) is 129 cm³/mol. The van der Waals surface area contributed by atoms with Gasteiger partial charge in [-0.25, -0.2) is 9.78 Å². The minimum Gasteiger partial charge on any atom is -0.480 e. The average molecular weight is 527 g/mol. The highest BCUT2D eigenvalue weighted by atomic mass is 16.4. The molecule has 1 rings (SSSR count). The molecule has 0 spiro atoms. The van der Waals surface area contributed by atoms with Crippen molar-refractivity contribution < 1.29 is 34.2 Å². The van der Waals surface area contributed by atoms with E-state index in [0.29, 0.717) is 5.69 Å². The smallest absolute Gasteiger partial charge is 0.326 e. The van der Waals surface area contributed by atoms with Crippen molar-refractivity contribution in [3.8, 4) is 0 Å². The first-order chi connectivity index (χ1) is 17.4. The molecule has 0 aliphatic heterocycles. The molecular formula is C20H34N10O7. The third-order valence-corrected chi connectivity index (χ3v) is 5.02. The summed E-state index contributed by atoms with van der Waals surface area (Å²) in [5.41, 5.74) is 21.5. The van der Waals surface area contributed by atoms with Gasteiger partial charge in [0.2, 0.25) is 23.6 Å². The number of nitrogens with zero attached hydrogens (tertiary/aromatic N) is 2. The van der Waals surface area contributed by atoms with Crippen molar-refractivity contribution in [2.24, 2.45) is 27.9 Å². The summed E-state index contributed by atoms with van der Waals surface area (Å²) in [6.07, 6.45) is 2.40. The first-order valence-corrected chi connectivity index (χ1v) is 11.3. The van der Waals surface area contributed by atoms with Crippen LogP contribution in [0.4, 0.5) is 0 Å². The summed E-state index contributed by atoms with van der Waals surface area (Å²) in [4.78, 5) is 71.4. The number of aromatic nitrogens is 2. The van der Waals surface area contributed by atoms with Gasteiger partial charge in [-0.3, -0.25) is 24.2 Å². The quantitative estimate of drug-likeness (QED) is 0.0521. The lowest BCUT2D eigenvalue weighted by Gasteiger charge is -2.24. The second kappa shape index (κ2) is 15.7. The van der Waals surface area contributed by atoms with Crippen molar-refractivity contribution in [2.75, 3.05) is 13.2 Å². The van der Waals surface area contributed by atoms with Crippen LogP contribution in [0, 0.1) is 0 Å². The lowest BCUT2D eigenvalue weighted by molar-refractivity contribution is -0.142. The number of primary amides is 1. The Labute approximate surface area is 211 Å². The summed E-state index contributed by atoms with van der Waals surface area (Å²) in [5, 5.41) is 25.7. The number of aromatic amines is 1. The molecule has 0 aliphatic rings. The monoisotopic (exact) mass is 526 g/mol. The van der Waals surface area contributed by atoms with Crippen molar-refractivity contribution in [3.05, 3.63) is 18.2 Å². The number of carbonyl (C=O) groups is 5. The maximum atomic E-state index is 13.0. The van der Waals surface area contributed by atoms with Crippen LogP contribution in [0.5, 0.6) is 0 Å². The molecule has 4 amide bonds. The number of H-pyrrole nitrogens is 1. The molecule has 0 saturated carbocycles. The Bertz CT molecular complexity index is 949. The Kier molecular flexibility index (Phi) is 13.0. The third-order valence-electron chi connectivity index (χ3n) is 5.02. The number of amides is 4. The number of hydrogen-bond acceptors (Lipinski definition) is 9. The van der Waals surface area contributed by atoms with Crippen LogP contribution in [0.2, 0.25) is 0 Å². The van der Waals surface area contributed by atoms with Crippen molar-refractivity contribution in [1.29, 1.82) is 0 Å². The number of aliphatic imine (C=N–C) groups is 1. The van der Waals surface area contributed by atoms with Gasteiger partial charge in [-0.1, -0.05) is 0 Å². The largest absolute Gasteiger partial charge is 0.480 e. The van der Waals surface area contributed by atoms with Gasteiger partial charge in [0.15, 0.2) is 5.96 Å². The number of aliphatic carboxylic acids is 1. The molecule has 0 aliphatic carbocycles. The molecular weight excluding hydrogens is 492 g/mol. The lowest BCUT2D eigenvalue weighted by Crippen LogP contribution is -2.58. The zero-order valence-corrected chi connectivity index (χ0v) is 20.1. The van der Waals surface area contributed by atoms with Crippen LogP contribution in [0.15, 0.2) is 17.5 Å². The van der Waals surface area contributed by atoms with Gasteiger partial charge in [-0.05, 0) is 19.3 Å². The molecule has 0 saturated heterocycles. The standard InChI is InChI=1S/C20H34N10O7/c21-11(8-31)16(33)28-12(3-4-15(22)32)17(34)30-14(6-10-7-25-9-27-10)18(35)29-13(19(36)37)2-1-5-26-20(23)24/h7,9,11-14,31H,1-6,8,21H2,(H2,22,32)(H,25,27)(H,28,33)(H,29,35)(H,30,34)(H,36,37)(H4,23,24,26). The van der Waals surface area contributed by atoms with E-state index in [9.17, 15) is 29.1 Å². The van der Waals surface area contributed by atoms with Crippen molar-refractivity contribution in [2.45, 2.75) is 56.3 Å². The summed E-state index contributed by atoms with van der Waals surface area (Å²) < 4.78 is 0. The molecule has 0 fully saturated rings. The van der Waals surface area contributed by atoms with Gasteiger partial charge in [0, 0.05) is 31.3 Å². The van der Waals surface area contributed by atoms with Crippen LogP contribution in [0.25, 0.3) is 0 Å². The number of aliphatic hydroxyl groups is 1. The van der Waals surface area contributed by atoms with Crippen LogP contribution >= 0.6 is 0 Å². The number of carboxylic acid groups (broad SMARTS) is 1. The number of carbonyl (C=O) groups excluding carboxylic acids is 4.